The maximum absolute atomic E-state index is 13.2. The Morgan fingerprint density at radius 3 is 2.29 bits per heavy atom. The summed E-state index contributed by atoms with van der Waals surface area (Å²) in [5, 5.41) is 5.20. The summed E-state index contributed by atoms with van der Waals surface area (Å²) in [6.45, 7) is 3.99. The number of piperidine rings is 1. The number of hydrogen-bond acceptors (Lipinski definition) is 7. The van der Waals surface area contributed by atoms with Gasteiger partial charge in [-0.05, 0) is 76.8 Å². The molecule has 2 aliphatic heterocycles. The molecule has 0 unspecified atom stereocenters. The lowest BCUT2D eigenvalue weighted by atomic mass is 9.96. The second kappa shape index (κ2) is 11.3. The fraction of sp³-hybridized carbons (Fsp3) is 0.519. The smallest absolute Gasteiger partial charge is 0.408 e. The van der Waals surface area contributed by atoms with Crippen LogP contribution in [0.3, 0.4) is 0 Å². The van der Waals surface area contributed by atoms with Gasteiger partial charge in [-0.2, -0.15) is 13.2 Å². The molecule has 224 valence electrons. The Hall–Kier alpha value is -3.06. The molecule has 4 atom stereocenters. The van der Waals surface area contributed by atoms with Gasteiger partial charge >= 0.3 is 6.18 Å². The van der Waals surface area contributed by atoms with Gasteiger partial charge in [-0.15, -0.1) is 0 Å². The lowest BCUT2D eigenvalue weighted by molar-refractivity contribution is -0.149. The maximum Gasteiger partial charge on any atom is 0.408 e. The number of carbonyl (C=O) groups excluding carboxylic acids is 2. The van der Waals surface area contributed by atoms with E-state index in [2.05, 4.69) is 15.2 Å². The molecule has 2 fully saturated rings. The number of rotatable bonds is 8. The number of hydrogen-bond donors (Lipinski definition) is 2. The third-order valence-electron chi connectivity index (χ3n) is 7.40. The lowest BCUT2D eigenvalue weighted by Gasteiger charge is -2.41. The van der Waals surface area contributed by atoms with Gasteiger partial charge in [0.05, 0.1) is 5.56 Å². The second-order valence-corrected chi connectivity index (χ2v) is 13.5. The Balaban J connectivity index is 1.39. The van der Waals surface area contributed by atoms with Gasteiger partial charge in [-0.25, -0.2) is 13.4 Å². The molecule has 2 saturated heterocycles. The van der Waals surface area contributed by atoms with Crippen LogP contribution in [0.1, 0.15) is 56.8 Å². The van der Waals surface area contributed by atoms with Crippen LogP contribution in [0.2, 0.25) is 5.02 Å². The first-order valence-electron chi connectivity index (χ1n) is 13.1. The van der Waals surface area contributed by atoms with Gasteiger partial charge in [0, 0.05) is 35.6 Å². The number of halogens is 4. The molecule has 14 heteroatoms. The third-order valence-corrected chi connectivity index (χ3v) is 8.75. The van der Waals surface area contributed by atoms with E-state index in [0.29, 0.717) is 18.7 Å². The van der Waals surface area contributed by atoms with E-state index in [4.69, 9.17) is 16.3 Å². The van der Waals surface area contributed by atoms with Gasteiger partial charge in [0.2, 0.25) is 0 Å². The molecule has 0 saturated carbocycles. The van der Waals surface area contributed by atoms with Crippen LogP contribution < -0.4 is 20.3 Å². The van der Waals surface area contributed by atoms with Gasteiger partial charge < -0.3 is 20.3 Å². The summed E-state index contributed by atoms with van der Waals surface area (Å²) < 4.78 is 68.7. The summed E-state index contributed by atoms with van der Waals surface area (Å²) in [6, 6.07) is 5.26. The van der Waals surface area contributed by atoms with Crippen LogP contribution in [0.5, 0.6) is 5.75 Å². The van der Waals surface area contributed by atoms with E-state index in [1.807, 2.05) is 5.32 Å². The normalized spacial score (nSPS) is 21.8. The highest BCUT2D eigenvalue weighted by Crippen LogP contribution is 2.39. The second-order valence-electron chi connectivity index (χ2n) is 11.1. The predicted molar refractivity (Wildman–Crippen MR) is 147 cm³/mol. The Kier molecular flexibility index (Phi) is 8.52. The van der Waals surface area contributed by atoms with Crippen molar-refractivity contribution < 1.29 is 35.9 Å². The topological polar surface area (TPSA) is 118 Å². The SMILES string of the molecule is C[C@H](NC(=O)c1ccc(N2[C@@H]3CC[C@H]2C[C@@H](NC(=O)C(C)(C)Oc2ccc(Cl)cc2S(C)(=O)=O)C3)nc1)C(F)(F)F. The summed E-state index contributed by atoms with van der Waals surface area (Å²) in [7, 11) is -3.66. The molecule has 0 spiro atoms. The quantitative estimate of drug-likeness (QED) is 0.454. The number of ether oxygens (including phenoxy) is 1. The Morgan fingerprint density at radius 1 is 1.12 bits per heavy atom. The minimum absolute atomic E-state index is 0.0290. The van der Waals surface area contributed by atoms with Crippen molar-refractivity contribution in [2.75, 3.05) is 11.2 Å². The number of nitrogens with one attached hydrogen (secondary N) is 2. The van der Waals surface area contributed by atoms with Gasteiger partial charge in [-0.3, -0.25) is 9.59 Å². The van der Waals surface area contributed by atoms with Gasteiger partial charge in [0.1, 0.15) is 22.5 Å². The van der Waals surface area contributed by atoms with Crippen LogP contribution in [0, 0.1) is 0 Å². The average Bonchev–Trinajstić information content (AvgIpc) is 3.13. The van der Waals surface area contributed by atoms with E-state index in [1.165, 1.54) is 30.5 Å². The summed E-state index contributed by atoms with van der Waals surface area (Å²) in [5.41, 5.74) is -1.35. The van der Waals surface area contributed by atoms with Crippen molar-refractivity contribution in [2.24, 2.45) is 0 Å². The van der Waals surface area contributed by atoms with Crippen LogP contribution in [0.4, 0.5) is 19.0 Å². The molecule has 2 aromatic rings. The number of fused-ring (bicyclic) bond motifs is 2. The number of benzene rings is 1. The average molecular weight is 617 g/mol. The zero-order valence-electron chi connectivity index (χ0n) is 23.0. The van der Waals surface area contributed by atoms with Crippen molar-refractivity contribution in [1.29, 1.82) is 0 Å². The summed E-state index contributed by atoms with van der Waals surface area (Å²) in [6.07, 6.45) is 0.745. The predicted octanol–water partition coefficient (Wildman–Crippen LogP) is 4.29. The first-order chi connectivity index (χ1) is 19.0. The third kappa shape index (κ3) is 7.06. The number of sulfone groups is 1. The fourth-order valence-electron chi connectivity index (χ4n) is 5.24. The van der Waals surface area contributed by atoms with Gasteiger partial charge in [0.15, 0.2) is 15.4 Å². The lowest BCUT2D eigenvalue weighted by Crippen LogP contribution is -2.55. The molecule has 4 rings (SSSR count). The van der Waals surface area contributed by atoms with Crippen molar-refractivity contribution in [3.8, 4) is 5.75 Å². The van der Waals surface area contributed by atoms with Crippen LogP contribution in [0.15, 0.2) is 41.4 Å². The van der Waals surface area contributed by atoms with E-state index < -0.39 is 39.5 Å². The number of pyridine rings is 1. The van der Waals surface area contributed by atoms with Crippen LogP contribution in [-0.2, 0) is 14.6 Å². The molecule has 41 heavy (non-hydrogen) atoms. The Labute approximate surface area is 241 Å². The Bertz CT molecular complexity index is 1410. The standard InChI is InChI=1S/C27H32ClF3N4O5S/c1-15(27(29,30)31)33-24(36)16-5-10-23(32-14-16)35-19-7-8-20(35)13-18(12-19)34-25(37)26(2,3)40-21-9-6-17(28)11-22(21)41(4,38)39/h5-6,9-11,14-15,18-20H,7-8,12-13H2,1-4H3,(H,33,36)(H,34,37)/t15-,18-,19+,20-/m0/s1. The molecule has 1 aromatic carbocycles. The summed E-state index contributed by atoms with van der Waals surface area (Å²) >= 11 is 5.97. The first kappa shape index (κ1) is 30.9. The molecule has 2 aliphatic rings. The highest BCUT2D eigenvalue weighted by atomic mass is 35.5. The monoisotopic (exact) mass is 616 g/mol. The minimum Gasteiger partial charge on any atom is -0.477 e. The van der Waals surface area contributed by atoms with Gasteiger partial charge in [0.25, 0.3) is 11.8 Å². The molecule has 2 amide bonds. The highest BCUT2D eigenvalue weighted by Gasteiger charge is 2.43. The molecule has 0 radical (unpaired) electrons. The number of anilines is 1. The zero-order valence-corrected chi connectivity index (χ0v) is 24.5. The van der Waals surface area contributed by atoms with Crippen molar-refractivity contribution in [2.45, 2.75) is 87.3 Å². The number of alkyl halides is 3. The molecule has 9 nitrogen and oxygen atoms in total. The molecule has 2 N–H and O–H groups in total. The first-order valence-corrected chi connectivity index (χ1v) is 15.3. The van der Waals surface area contributed by atoms with Crippen molar-refractivity contribution in [1.82, 2.24) is 15.6 Å². The minimum atomic E-state index is -4.54. The largest absolute Gasteiger partial charge is 0.477 e. The van der Waals surface area contributed by atoms with Crippen molar-refractivity contribution >= 4 is 39.1 Å². The van der Waals surface area contributed by atoms with Crippen molar-refractivity contribution in [3.05, 3.63) is 47.1 Å². The molecule has 0 aliphatic carbocycles. The van der Waals surface area contributed by atoms with Crippen molar-refractivity contribution in [3.63, 3.8) is 0 Å². The number of amides is 2. The van der Waals surface area contributed by atoms with E-state index in [9.17, 15) is 31.2 Å². The zero-order chi connectivity index (χ0) is 30.3. The molecule has 3 heterocycles. The molecular formula is C27H32ClF3N4O5S. The molecule has 1 aromatic heterocycles. The molecular weight excluding hydrogens is 585 g/mol. The summed E-state index contributed by atoms with van der Waals surface area (Å²) in [4.78, 5) is 31.8. The fourth-order valence-corrected chi connectivity index (χ4v) is 6.29. The van der Waals surface area contributed by atoms with E-state index >= 15 is 0 Å². The van der Waals surface area contributed by atoms with E-state index in [0.717, 1.165) is 26.0 Å². The summed E-state index contributed by atoms with van der Waals surface area (Å²) in [5.74, 6) is -0.609. The van der Waals surface area contributed by atoms with Crippen LogP contribution in [-0.4, -0.2) is 67.4 Å². The number of carbonyl (C=O) groups is 2. The van der Waals surface area contributed by atoms with Gasteiger partial charge in [-0.1, -0.05) is 11.6 Å². The molecule has 2 bridgehead atoms. The van der Waals surface area contributed by atoms with E-state index in [-0.39, 0.29) is 39.4 Å². The maximum atomic E-state index is 13.2. The highest BCUT2D eigenvalue weighted by molar-refractivity contribution is 7.90. The van der Waals surface area contributed by atoms with Crippen LogP contribution in [0.25, 0.3) is 0 Å². The number of nitrogens with zero attached hydrogens (tertiary/aromatic N) is 2. The Morgan fingerprint density at radius 2 is 1.76 bits per heavy atom. The van der Waals surface area contributed by atoms with Crippen LogP contribution >= 0.6 is 11.6 Å². The van der Waals surface area contributed by atoms with E-state index in [1.54, 1.807) is 19.9 Å². The number of aromatic nitrogens is 1.